The van der Waals surface area contributed by atoms with Gasteiger partial charge >= 0.3 is 7.12 Å². The van der Waals surface area contributed by atoms with E-state index >= 15 is 0 Å². The number of benzene rings is 2. The Kier molecular flexibility index (Phi) is 4.65. The predicted molar refractivity (Wildman–Crippen MR) is 107 cm³/mol. The molecule has 2 aromatic rings. The summed E-state index contributed by atoms with van der Waals surface area (Å²) in [6.07, 6.45) is 4.33. The van der Waals surface area contributed by atoms with Gasteiger partial charge in [-0.1, -0.05) is 54.6 Å². The van der Waals surface area contributed by atoms with E-state index in [1.54, 1.807) is 0 Å². The molecule has 2 aromatic carbocycles. The Balaban J connectivity index is 1.96. The molecule has 0 N–H and O–H groups in total. The van der Waals surface area contributed by atoms with Gasteiger partial charge < -0.3 is 9.31 Å². The van der Waals surface area contributed by atoms with Crippen LogP contribution in [-0.4, -0.2) is 18.3 Å². The summed E-state index contributed by atoms with van der Waals surface area (Å²) in [6, 6.07) is 14.9. The monoisotopic (exact) mass is 334 g/mol. The van der Waals surface area contributed by atoms with Crippen molar-refractivity contribution < 1.29 is 9.31 Å². The molecule has 1 aliphatic rings. The molecule has 0 radical (unpaired) electrons. The lowest BCUT2D eigenvalue weighted by atomic mass is 9.77. The van der Waals surface area contributed by atoms with Crippen molar-refractivity contribution in [2.24, 2.45) is 0 Å². The highest BCUT2D eigenvalue weighted by Crippen LogP contribution is 2.39. The third kappa shape index (κ3) is 3.31. The second-order valence-corrected chi connectivity index (χ2v) is 7.75. The first-order valence-electron chi connectivity index (χ1n) is 8.93. The third-order valence-corrected chi connectivity index (χ3v) is 5.42. The summed E-state index contributed by atoms with van der Waals surface area (Å²) < 4.78 is 12.4. The average Bonchev–Trinajstić information content (AvgIpc) is 2.80. The van der Waals surface area contributed by atoms with E-state index < -0.39 is 0 Å². The predicted octanol–water partition coefficient (Wildman–Crippen LogP) is 5.82. The zero-order chi connectivity index (χ0) is 18.2. The van der Waals surface area contributed by atoms with Crippen molar-refractivity contribution in [2.45, 2.75) is 52.7 Å². The zero-order valence-corrected chi connectivity index (χ0v) is 16.1. The molecule has 0 spiro atoms. The van der Waals surface area contributed by atoms with Gasteiger partial charge in [0, 0.05) is 0 Å². The maximum atomic E-state index is 6.18. The largest absolute Gasteiger partial charge is 0.490 e. The Morgan fingerprint density at radius 1 is 0.920 bits per heavy atom. The van der Waals surface area contributed by atoms with Gasteiger partial charge in [-0.05, 0) is 68.9 Å². The van der Waals surface area contributed by atoms with Crippen LogP contribution >= 0.6 is 0 Å². The molecule has 0 unspecified atom stereocenters. The number of rotatable bonds is 3. The van der Waals surface area contributed by atoms with Gasteiger partial charge in [0.05, 0.1) is 11.2 Å². The highest BCUT2D eigenvalue weighted by Gasteiger charge is 2.51. The quantitative estimate of drug-likeness (QED) is 0.520. The number of fused-ring (bicyclic) bond motifs is 1. The van der Waals surface area contributed by atoms with Crippen LogP contribution in [0, 0.1) is 0 Å². The van der Waals surface area contributed by atoms with Gasteiger partial charge in [-0.15, -0.1) is 0 Å². The normalized spacial score (nSPS) is 20.3. The fraction of sp³-hybridized carbons (Fsp3) is 0.364. The molecule has 3 rings (SSSR count). The lowest BCUT2D eigenvalue weighted by molar-refractivity contribution is 0.00578. The van der Waals surface area contributed by atoms with Crippen LogP contribution in [0.5, 0.6) is 0 Å². The summed E-state index contributed by atoms with van der Waals surface area (Å²) in [5.41, 5.74) is 2.87. The molecule has 25 heavy (non-hydrogen) atoms. The Hall–Kier alpha value is -1.84. The molecule has 0 amide bonds. The molecule has 1 heterocycles. The minimum absolute atomic E-state index is 0.310. The van der Waals surface area contributed by atoms with Gasteiger partial charge in [0.2, 0.25) is 0 Å². The first-order valence-corrected chi connectivity index (χ1v) is 8.93. The molecule has 0 saturated carbocycles. The SMILES string of the molecule is C/C=C(\C=C(/C)B1OC(C)(C)C(C)(C)O1)c1cccc2ccccc12. The van der Waals surface area contributed by atoms with Gasteiger partial charge in [0.15, 0.2) is 0 Å². The summed E-state index contributed by atoms with van der Waals surface area (Å²) in [7, 11) is -0.310. The van der Waals surface area contributed by atoms with Crippen LogP contribution in [0.25, 0.3) is 16.3 Å². The summed E-state index contributed by atoms with van der Waals surface area (Å²) >= 11 is 0. The van der Waals surface area contributed by atoms with Gasteiger partial charge in [-0.3, -0.25) is 0 Å². The molecule has 1 aliphatic heterocycles. The molecule has 1 saturated heterocycles. The molecule has 2 nitrogen and oxygen atoms in total. The molecular formula is C22H27BO2. The van der Waals surface area contributed by atoms with Crippen LogP contribution in [0.2, 0.25) is 0 Å². The second kappa shape index (κ2) is 6.47. The topological polar surface area (TPSA) is 18.5 Å². The lowest BCUT2D eigenvalue weighted by Crippen LogP contribution is -2.41. The Morgan fingerprint density at radius 3 is 2.16 bits per heavy atom. The number of allylic oxidation sites excluding steroid dienone is 4. The van der Waals surface area contributed by atoms with Gasteiger partial charge in [0.1, 0.15) is 0 Å². The standard InChI is InChI=1S/C22H27BO2/c1-7-17(19-14-10-12-18-11-8-9-13-20(18)19)15-16(2)23-24-21(3,4)22(5,6)25-23/h7-15H,1-6H3/b16-15+,17-7+. The molecule has 3 heteroatoms. The molecule has 0 bridgehead atoms. The Morgan fingerprint density at radius 2 is 1.52 bits per heavy atom. The van der Waals surface area contributed by atoms with Crippen LogP contribution < -0.4 is 0 Å². The van der Waals surface area contributed by atoms with Crippen LogP contribution in [0.3, 0.4) is 0 Å². The third-order valence-electron chi connectivity index (χ3n) is 5.42. The maximum absolute atomic E-state index is 6.18. The van der Waals surface area contributed by atoms with E-state index in [0.717, 1.165) is 5.47 Å². The summed E-state index contributed by atoms with van der Waals surface area (Å²) in [5.74, 6) is 0. The van der Waals surface area contributed by atoms with Crippen molar-refractivity contribution >= 4 is 23.5 Å². The maximum Gasteiger partial charge on any atom is 0.490 e. The van der Waals surface area contributed by atoms with E-state index in [-0.39, 0.29) is 18.3 Å². The molecule has 0 aromatic heterocycles. The van der Waals surface area contributed by atoms with Crippen molar-refractivity contribution in [3.05, 3.63) is 65.7 Å². The summed E-state index contributed by atoms with van der Waals surface area (Å²) in [5, 5.41) is 2.51. The van der Waals surface area contributed by atoms with Crippen molar-refractivity contribution in [3.8, 4) is 0 Å². The van der Waals surface area contributed by atoms with Crippen LogP contribution in [0.4, 0.5) is 0 Å². The van der Waals surface area contributed by atoms with Crippen molar-refractivity contribution in [3.63, 3.8) is 0 Å². The van der Waals surface area contributed by atoms with Crippen molar-refractivity contribution in [2.75, 3.05) is 0 Å². The van der Waals surface area contributed by atoms with E-state index in [0.29, 0.717) is 0 Å². The summed E-state index contributed by atoms with van der Waals surface area (Å²) in [6.45, 7) is 12.5. The lowest BCUT2D eigenvalue weighted by Gasteiger charge is -2.32. The summed E-state index contributed by atoms with van der Waals surface area (Å²) in [4.78, 5) is 0. The van der Waals surface area contributed by atoms with E-state index in [9.17, 15) is 0 Å². The van der Waals surface area contributed by atoms with Crippen LogP contribution in [0.15, 0.2) is 60.1 Å². The van der Waals surface area contributed by atoms with Gasteiger partial charge in [0.25, 0.3) is 0 Å². The van der Waals surface area contributed by atoms with Crippen molar-refractivity contribution in [1.29, 1.82) is 0 Å². The first-order chi connectivity index (χ1) is 11.7. The van der Waals surface area contributed by atoms with E-state index in [2.05, 4.69) is 96.2 Å². The first kappa shape index (κ1) is 18.0. The Labute approximate surface area is 151 Å². The molecule has 1 fully saturated rings. The highest BCUT2D eigenvalue weighted by molar-refractivity contribution is 6.54. The van der Waals surface area contributed by atoms with Crippen LogP contribution in [-0.2, 0) is 9.31 Å². The fourth-order valence-electron chi connectivity index (χ4n) is 3.14. The van der Waals surface area contributed by atoms with Crippen molar-refractivity contribution in [1.82, 2.24) is 0 Å². The molecule has 0 aliphatic carbocycles. The van der Waals surface area contributed by atoms with Crippen LogP contribution in [0.1, 0.15) is 47.1 Å². The second-order valence-electron chi connectivity index (χ2n) is 7.75. The molecule has 130 valence electrons. The fourth-order valence-corrected chi connectivity index (χ4v) is 3.14. The molecular weight excluding hydrogens is 307 g/mol. The average molecular weight is 334 g/mol. The molecule has 0 atom stereocenters. The van der Waals surface area contributed by atoms with Gasteiger partial charge in [-0.25, -0.2) is 0 Å². The smallest absolute Gasteiger partial charge is 0.400 e. The van der Waals surface area contributed by atoms with E-state index in [1.165, 1.54) is 21.9 Å². The minimum atomic E-state index is -0.317. The zero-order valence-electron chi connectivity index (χ0n) is 16.1. The Bertz CT molecular complexity index is 825. The highest BCUT2D eigenvalue weighted by atomic mass is 16.7. The van der Waals surface area contributed by atoms with Gasteiger partial charge in [-0.2, -0.15) is 0 Å². The van der Waals surface area contributed by atoms with E-state index in [4.69, 9.17) is 9.31 Å². The number of hydrogen-bond acceptors (Lipinski definition) is 2. The minimum Gasteiger partial charge on any atom is -0.400 e. The van der Waals surface area contributed by atoms with E-state index in [1.807, 2.05) is 0 Å². The number of hydrogen-bond donors (Lipinski definition) is 0.